The number of hydrogen-bond donors (Lipinski definition) is 1. The number of nitrogens with zero attached hydrogens (tertiary/aromatic N) is 4. The number of amides is 1. The van der Waals surface area contributed by atoms with Crippen LogP contribution in [0, 0.1) is 25.2 Å². The molecule has 3 aromatic rings. The van der Waals surface area contributed by atoms with Crippen molar-refractivity contribution in [1.29, 1.82) is 0 Å². The van der Waals surface area contributed by atoms with Crippen molar-refractivity contribution in [3.8, 4) is 0 Å². The van der Waals surface area contributed by atoms with Gasteiger partial charge in [0.05, 0.1) is 17.6 Å². The van der Waals surface area contributed by atoms with Crippen molar-refractivity contribution in [2.75, 3.05) is 37.7 Å². The first-order valence-electron chi connectivity index (χ1n) is 9.41. The van der Waals surface area contributed by atoms with Crippen molar-refractivity contribution in [1.82, 2.24) is 14.9 Å². The summed E-state index contributed by atoms with van der Waals surface area (Å²) in [4.78, 5) is 27.0. The summed E-state index contributed by atoms with van der Waals surface area (Å²) in [7, 11) is 0. The number of fused-ring (bicyclic) bond motifs is 2. The standard InChI is InChI=1S/C20H22N4O3S/c1-12-5-16(13(2)27-12)19(26)24-7-14-6-23(8-20(14,9-24)10-25)17-15-3-4-28-18(15)22-11-21-17/h3-5,11,14,25H,6-10H2,1-2H3. The summed E-state index contributed by atoms with van der Waals surface area (Å²) in [5.41, 5.74) is 0.300. The summed E-state index contributed by atoms with van der Waals surface area (Å²) in [6, 6.07) is 3.85. The van der Waals surface area contributed by atoms with E-state index >= 15 is 0 Å². The molecule has 2 atom stereocenters. The van der Waals surface area contributed by atoms with Gasteiger partial charge in [-0.15, -0.1) is 11.3 Å². The maximum absolute atomic E-state index is 13.0. The van der Waals surface area contributed by atoms with Crippen molar-refractivity contribution >= 4 is 33.3 Å². The van der Waals surface area contributed by atoms with E-state index in [0.29, 0.717) is 31.0 Å². The lowest BCUT2D eigenvalue weighted by Gasteiger charge is -2.27. The van der Waals surface area contributed by atoms with E-state index in [1.165, 1.54) is 0 Å². The number of rotatable bonds is 3. The van der Waals surface area contributed by atoms with Gasteiger partial charge >= 0.3 is 0 Å². The number of furan rings is 1. The molecule has 2 aliphatic rings. The third kappa shape index (κ3) is 2.55. The van der Waals surface area contributed by atoms with E-state index in [0.717, 1.165) is 28.3 Å². The number of hydrogen-bond acceptors (Lipinski definition) is 7. The summed E-state index contributed by atoms with van der Waals surface area (Å²) in [6.07, 6.45) is 1.60. The van der Waals surface area contributed by atoms with E-state index < -0.39 is 0 Å². The number of carbonyl (C=O) groups excluding carboxylic acids is 1. The lowest BCUT2D eigenvalue weighted by Crippen LogP contribution is -2.39. The predicted molar refractivity (Wildman–Crippen MR) is 107 cm³/mol. The topological polar surface area (TPSA) is 82.7 Å². The molecule has 0 saturated carbocycles. The zero-order valence-corrected chi connectivity index (χ0v) is 16.7. The lowest BCUT2D eigenvalue weighted by molar-refractivity contribution is 0.0746. The maximum atomic E-state index is 13.0. The molecular weight excluding hydrogens is 376 g/mol. The maximum Gasteiger partial charge on any atom is 0.257 e. The second-order valence-electron chi connectivity index (χ2n) is 7.95. The number of aliphatic hydroxyl groups is 1. The summed E-state index contributed by atoms with van der Waals surface area (Å²) in [5, 5.41) is 13.4. The van der Waals surface area contributed by atoms with Crippen molar-refractivity contribution in [3.05, 3.63) is 40.9 Å². The number of thiophene rings is 1. The van der Waals surface area contributed by atoms with Gasteiger partial charge < -0.3 is 19.3 Å². The van der Waals surface area contributed by atoms with Crippen LogP contribution in [-0.4, -0.2) is 58.7 Å². The normalized spacial score (nSPS) is 24.3. The molecule has 2 aliphatic heterocycles. The molecule has 2 saturated heterocycles. The van der Waals surface area contributed by atoms with E-state index in [1.54, 1.807) is 23.7 Å². The van der Waals surface area contributed by atoms with Crippen LogP contribution in [0.1, 0.15) is 21.9 Å². The van der Waals surface area contributed by atoms with Crippen LogP contribution < -0.4 is 4.90 Å². The molecule has 8 heteroatoms. The van der Waals surface area contributed by atoms with Crippen LogP contribution in [-0.2, 0) is 0 Å². The van der Waals surface area contributed by atoms with Gasteiger partial charge in [-0.3, -0.25) is 4.79 Å². The fourth-order valence-electron chi connectivity index (χ4n) is 4.76. The molecular formula is C20H22N4O3S. The number of likely N-dealkylation sites (tertiary alicyclic amines) is 1. The summed E-state index contributed by atoms with van der Waals surface area (Å²) in [6.45, 7) is 6.37. The number of carbonyl (C=O) groups is 1. The second-order valence-corrected chi connectivity index (χ2v) is 8.84. The number of anilines is 1. The molecule has 5 heterocycles. The van der Waals surface area contributed by atoms with Gasteiger partial charge in [0.2, 0.25) is 0 Å². The van der Waals surface area contributed by atoms with Gasteiger partial charge in [-0.05, 0) is 31.4 Å². The minimum atomic E-state index is -0.324. The SMILES string of the molecule is Cc1cc(C(=O)N2CC3CN(c4ncnc5sccc45)CC3(CO)C2)c(C)o1. The lowest BCUT2D eigenvalue weighted by atomic mass is 9.82. The van der Waals surface area contributed by atoms with Gasteiger partial charge in [-0.25, -0.2) is 9.97 Å². The van der Waals surface area contributed by atoms with Crippen LogP contribution in [0.2, 0.25) is 0 Å². The van der Waals surface area contributed by atoms with Crippen LogP contribution in [0.25, 0.3) is 10.2 Å². The molecule has 7 nitrogen and oxygen atoms in total. The highest BCUT2D eigenvalue weighted by Gasteiger charge is 2.54. The largest absolute Gasteiger partial charge is 0.466 e. The molecule has 0 aromatic carbocycles. The third-order valence-electron chi connectivity index (χ3n) is 6.17. The monoisotopic (exact) mass is 398 g/mol. The van der Waals surface area contributed by atoms with Crippen LogP contribution in [0.15, 0.2) is 28.3 Å². The predicted octanol–water partition coefficient (Wildman–Crippen LogP) is 2.47. The van der Waals surface area contributed by atoms with Gasteiger partial charge in [0.1, 0.15) is 28.5 Å². The van der Waals surface area contributed by atoms with E-state index in [-0.39, 0.29) is 23.8 Å². The molecule has 146 valence electrons. The van der Waals surface area contributed by atoms with E-state index in [2.05, 4.69) is 20.9 Å². The van der Waals surface area contributed by atoms with Gasteiger partial charge in [0.25, 0.3) is 5.91 Å². The number of aryl methyl sites for hydroxylation is 2. The first-order valence-corrected chi connectivity index (χ1v) is 10.3. The van der Waals surface area contributed by atoms with E-state index in [1.807, 2.05) is 24.1 Å². The molecule has 3 aromatic heterocycles. The number of aliphatic hydroxyl groups excluding tert-OH is 1. The Bertz CT molecular complexity index is 1060. The Labute approximate surface area is 166 Å². The Kier molecular flexibility index (Phi) is 3.96. The van der Waals surface area contributed by atoms with Crippen molar-refractivity contribution < 1.29 is 14.3 Å². The zero-order chi connectivity index (χ0) is 19.5. The molecule has 2 unspecified atom stereocenters. The van der Waals surface area contributed by atoms with Crippen molar-refractivity contribution in [2.24, 2.45) is 11.3 Å². The Morgan fingerprint density at radius 2 is 2.21 bits per heavy atom. The van der Waals surface area contributed by atoms with E-state index in [4.69, 9.17) is 4.42 Å². The first-order chi connectivity index (χ1) is 13.5. The third-order valence-corrected chi connectivity index (χ3v) is 6.99. The number of aromatic nitrogens is 2. The highest BCUT2D eigenvalue weighted by atomic mass is 32.1. The fraction of sp³-hybridized carbons (Fsp3) is 0.450. The fourth-order valence-corrected chi connectivity index (χ4v) is 5.49. The molecule has 1 N–H and O–H groups in total. The quantitative estimate of drug-likeness (QED) is 0.730. The summed E-state index contributed by atoms with van der Waals surface area (Å²) < 4.78 is 5.53. The highest BCUT2D eigenvalue weighted by Crippen LogP contribution is 2.45. The smallest absolute Gasteiger partial charge is 0.257 e. The highest BCUT2D eigenvalue weighted by molar-refractivity contribution is 7.16. The first kappa shape index (κ1) is 17.6. The minimum Gasteiger partial charge on any atom is -0.466 e. The van der Waals surface area contributed by atoms with Gasteiger partial charge in [-0.2, -0.15) is 0 Å². The summed E-state index contributed by atoms with van der Waals surface area (Å²) in [5.74, 6) is 2.52. The molecule has 0 radical (unpaired) electrons. The summed E-state index contributed by atoms with van der Waals surface area (Å²) >= 11 is 1.60. The van der Waals surface area contributed by atoms with Crippen LogP contribution in [0.4, 0.5) is 5.82 Å². The van der Waals surface area contributed by atoms with Gasteiger partial charge in [0, 0.05) is 37.5 Å². The van der Waals surface area contributed by atoms with Crippen LogP contribution in [0.5, 0.6) is 0 Å². The Balaban J connectivity index is 1.40. The van der Waals surface area contributed by atoms with Crippen LogP contribution >= 0.6 is 11.3 Å². The minimum absolute atomic E-state index is 0.00890. The van der Waals surface area contributed by atoms with Gasteiger partial charge in [0.15, 0.2) is 0 Å². The average Bonchev–Trinajstić information content (AvgIpc) is 3.41. The Hall–Kier alpha value is -2.45. The Morgan fingerprint density at radius 3 is 2.93 bits per heavy atom. The molecule has 1 amide bonds. The van der Waals surface area contributed by atoms with Gasteiger partial charge in [-0.1, -0.05) is 0 Å². The molecule has 5 rings (SSSR count). The van der Waals surface area contributed by atoms with E-state index in [9.17, 15) is 9.90 Å². The Morgan fingerprint density at radius 1 is 1.36 bits per heavy atom. The zero-order valence-electron chi connectivity index (χ0n) is 15.9. The molecule has 0 bridgehead atoms. The van der Waals surface area contributed by atoms with Crippen molar-refractivity contribution in [2.45, 2.75) is 13.8 Å². The molecule has 2 fully saturated rings. The second kappa shape index (κ2) is 6.28. The molecule has 28 heavy (non-hydrogen) atoms. The average molecular weight is 398 g/mol. The van der Waals surface area contributed by atoms with Crippen LogP contribution in [0.3, 0.4) is 0 Å². The van der Waals surface area contributed by atoms with Crippen molar-refractivity contribution in [3.63, 3.8) is 0 Å². The molecule has 0 spiro atoms. The molecule has 0 aliphatic carbocycles.